The summed E-state index contributed by atoms with van der Waals surface area (Å²) < 4.78 is 0. The molecule has 2 aliphatic rings. The van der Waals surface area contributed by atoms with E-state index in [9.17, 15) is 0 Å². The van der Waals surface area contributed by atoms with E-state index >= 15 is 0 Å². The van der Waals surface area contributed by atoms with Crippen molar-refractivity contribution in [1.29, 1.82) is 0 Å². The van der Waals surface area contributed by atoms with Crippen LogP contribution in [0.25, 0.3) is 0 Å². The lowest BCUT2D eigenvalue weighted by atomic mass is 9.84. The van der Waals surface area contributed by atoms with Crippen LogP contribution < -0.4 is 10.6 Å². The molecule has 0 aliphatic carbocycles. The van der Waals surface area contributed by atoms with Gasteiger partial charge in [0.1, 0.15) is 0 Å². The Kier molecular flexibility index (Phi) is 7.36. The molecule has 0 bridgehead atoms. The maximum atomic E-state index is 4.49. The van der Waals surface area contributed by atoms with Gasteiger partial charge in [0.05, 0.1) is 0 Å². The fraction of sp³-hybridized carbons (Fsp3) is 0.696. The van der Waals surface area contributed by atoms with E-state index in [1.165, 1.54) is 75.0 Å². The van der Waals surface area contributed by atoms with Gasteiger partial charge in [0, 0.05) is 25.7 Å². The number of hydrogen-bond donors (Lipinski definition) is 2. The second-order valence-corrected chi connectivity index (χ2v) is 8.78. The fourth-order valence-corrected chi connectivity index (χ4v) is 4.70. The lowest BCUT2D eigenvalue weighted by Crippen LogP contribution is -2.62. The highest BCUT2D eigenvalue weighted by Gasteiger charge is 2.39. The van der Waals surface area contributed by atoms with Crippen LogP contribution in [0.2, 0.25) is 0 Å². The molecule has 156 valence electrons. The lowest BCUT2D eigenvalue weighted by Gasteiger charge is -2.50. The molecule has 2 N–H and O–H groups in total. The van der Waals surface area contributed by atoms with Crippen molar-refractivity contribution in [2.24, 2.45) is 4.99 Å². The third kappa shape index (κ3) is 5.26. The van der Waals surface area contributed by atoms with Crippen LogP contribution in [0.4, 0.5) is 0 Å². The Hall–Kier alpha value is -1.59. The molecule has 0 saturated carbocycles. The van der Waals surface area contributed by atoms with Gasteiger partial charge < -0.3 is 15.5 Å². The minimum Gasteiger partial charge on any atom is -0.355 e. The highest BCUT2D eigenvalue weighted by Crippen LogP contribution is 2.30. The molecule has 5 heteroatoms. The molecule has 28 heavy (non-hydrogen) atoms. The zero-order valence-electron chi connectivity index (χ0n) is 18.4. The summed E-state index contributed by atoms with van der Waals surface area (Å²) in [5.41, 5.74) is 4.25. The van der Waals surface area contributed by atoms with E-state index < -0.39 is 0 Å². The summed E-state index contributed by atoms with van der Waals surface area (Å²) in [4.78, 5) is 9.73. The van der Waals surface area contributed by atoms with Crippen molar-refractivity contribution in [1.82, 2.24) is 20.4 Å². The molecule has 0 amide bonds. The highest BCUT2D eigenvalue weighted by molar-refractivity contribution is 5.79. The lowest BCUT2D eigenvalue weighted by molar-refractivity contribution is 0.0173. The zero-order chi connectivity index (χ0) is 20.0. The second-order valence-electron chi connectivity index (χ2n) is 8.78. The molecule has 3 rings (SSSR count). The smallest absolute Gasteiger partial charge is 0.191 e. The van der Waals surface area contributed by atoms with Gasteiger partial charge in [0.25, 0.3) is 0 Å². The Morgan fingerprint density at radius 3 is 2.39 bits per heavy atom. The minimum atomic E-state index is 0.268. The molecule has 0 radical (unpaired) electrons. The summed E-state index contributed by atoms with van der Waals surface area (Å²) in [6.07, 6.45) is 6.56. The quantitative estimate of drug-likeness (QED) is 0.604. The Balaban J connectivity index is 1.60. The predicted octanol–water partition coefficient (Wildman–Crippen LogP) is 2.92. The number of nitrogens with one attached hydrogen (secondary N) is 2. The summed E-state index contributed by atoms with van der Waals surface area (Å²) >= 11 is 0. The van der Waals surface area contributed by atoms with E-state index in [1.807, 2.05) is 7.05 Å². The molecule has 2 fully saturated rings. The largest absolute Gasteiger partial charge is 0.355 e. The standard InChI is InChI=1S/C23H39N5/c1-19-8-9-21(20(2)16-19)17-25-22(24-3)26-18-23(10-14-27(4)15-11-23)28-12-6-5-7-13-28/h8-9,16H,5-7,10-15,17-18H2,1-4H3,(H2,24,25,26). The molecule has 0 aromatic heterocycles. The summed E-state index contributed by atoms with van der Waals surface area (Å²) in [6.45, 7) is 11.0. The number of likely N-dealkylation sites (tertiary alicyclic amines) is 2. The van der Waals surface area contributed by atoms with Gasteiger partial charge in [-0.25, -0.2) is 0 Å². The molecular weight excluding hydrogens is 346 g/mol. The van der Waals surface area contributed by atoms with Crippen LogP contribution in [0.3, 0.4) is 0 Å². The topological polar surface area (TPSA) is 42.9 Å². The Labute approximate surface area is 171 Å². The molecule has 5 nitrogen and oxygen atoms in total. The van der Waals surface area contributed by atoms with Crippen molar-refractivity contribution in [3.63, 3.8) is 0 Å². The van der Waals surface area contributed by atoms with E-state index in [0.29, 0.717) is 0 Å². The average molecular weight is 386 g/mol. The normalized spacial score (nSPS) is 21.5. The van der Waals surface area contributed by atoms with Crippen molar-refractivity contribution in [3.8, 4) is 0 Å². The third-order valence-electron chi connectivity index (χ3n) is 6.70. The Bertz CT molecular complexity index is 655. The van der Waals surface area contributed by atoms with Gasteiger partial charge in [-0.05, 0) is 83.9 Å². The third-order valence-corrected chi connectivity index (χ3v) is 6.70. The molecule has 2 heterocycles. The number of aliphatic imine (C=N–C) groups is 1. The molecule has 2 aliphatic heterocycles. The maximum absolute atomic E-state index is 4.49. The van der Waals surface area contributed by atoms with Crippen molar-refractivity contribution in [2.45, 2.75) is 58.0 Å². The van der Waals surface area contributed by atoms with E-state index in [4.69, 9.17) is 0 Å². The molecule has 1 aromatic carbocycles. The SMILES string of the molecule is CN=C(NCc1ccc(C)cc1C)NCC1(N2CCCCC2)CCN(C)CC1. The average Bonchev–Trinajstić information content (AvgIpc) is 2.71. The number of guanidine groups is 1. The minimum absolute atomic E-state index is 0.268. The first kappa shape index (κ1) is 21.1. The molecule has 0 atom stereocenters. The summed E-state index contributed by atoms with van der Waals surface area (Å²) in [5, 5.41) is 7.20. The number of aryl methyl sites for hydroxylation is 2. The first-order chi connectivity index (χ1) is 13.5. The van der Waals surface area contributed by atoms with Crippen LogP contribution in [0, 0.1) is 13.8 Å². The molecule has 2 saturated heterocycles. The summed E-state index contributed by atoms with van der Waals surface area (Å²) in [6, 6.07) is 6.65. The predicted molar refractivity (Wildman–Crippen MR) is 119 cm³/mol. The summed E-state index contributed by atoms with van der Waals surface area (Å²) in [5.74, 6) is 0.912. The van der Waals surface area contributed by atoms with Crippen LogP contribution in [-0.4, -0.2) is 68.1 Å². The van der Waals surface area contributed by atoms with Crippen LogP contribution in [0.1, 0.15) is 48.8 Å². The number of benzene rings is 1. The van der Waals surface area contributed by atoms with Crippen LogP contribution >= 0.6 is 0 Å². The fourth-order valence-electron chi connectivity index (χ4n) is 4.70. The van der Waals surface area contributed by atoms with Crippen molar-refractivity contribution in [3.05, 3.63) is 34.9 Å². The zero-order valence-corrected chi connectivity index (χ0v) is 18.4. The number of nitrogens with zero attached hydrogens (tertiary/aromatic N) is 3. The number of piperidine rings is 2. The van der Waals surface area contributed by atoms with E-state index in [1.54, 1.807) is 0 Å². The Morgan fingerprint density at radius 1 is 1.04 bits per heavy atom. The van der Waals surface area contributed by atoms with Crippen molar-refractivity contribution < 1.29 is 0 Å². The second kappa shape index (κ2) is 9.75. The molecule has 0 spiro atoms. The van der Waals surface area contributed by atoms with E-state index in [-0.39, 0.29) is 5.54 Å². The molecular formula is C23H39N5. The van der Waals surface area contributed by atoms with Gasteiger partial charge >= 0.3 is 0 Å². The summed E-state index contributed by atoms with van der Waals surface area (Å²) in [7, 11) is 4.12. The Morgan fingerprint density at radius 2 is 1.75 bits per heavy atom. The van der Waals surface area contributed by atoms with Crippen LogP contribution in [0.15, 0.2) is 23.2 Å². The van der Waals surface area contributed by atoms with Crippen molar-refractivity contribution in [2.75, 3.05) is 46.8 Å². The van der Waals surface area contributed by atoms with Gasteiger partial charge in [0.2, 0.25) is 0 Å². The number of rotatable bonds is 5. The number of hydrogen-bond acceptors (Lipinski definition) is 3. The van der Waals surface area contributed by atoms with Crippen molar-refractivity contribution >= 4 is 5.96 Å². The van der Waals surface area contributed by atoms with Gasteiger partial charge in [-0.3, -0.25) is 9.89 Å². The van der Waals surface area contributed by atoms with Gasteiger partial charge in [-0.15, -0.1) is 0 Å². The molecule has 0 unspecified atom stereocenters. The van der Waals surface area contributed by atoms with E-state index in [2.05, 4.69) is 64.5 Å². The van der Waals surface area contributed by atoms with E-state index in [0.717, 1.165) is 19.0 Å². The van der Waals surface area contributed by atoms with Gasteiger partial charge in [-0.1, -0.05) is 30.2 Å². The molecule has 1 aromatic rings. The first-order valence-corrected chi connectivity index (χ1v) is 11.0. The monoisotopic (exact) mass is 385 g/mol. The van der Waals surface area contributed by atoms with Crippen LogP contribution in [0.5, 0.6) is 0 Å². The maximum Gasteiger partial charge on any atom is 0.191 e. The van der Waals surface area contributed by atoms with Crippen LogP contribution in [-0.2, 0) is 6.54 Å². The highest BCUT2D eigenvalue weighted by atomic mass is 15.3. The van der Waals surface area contributed by atoms with Gasteiger partial charge in [0.15, 0.2) is 5.96 Å². The first-order valence-electron chi connectivity index (χ1n) is 11.0. The van der Waals surface area contributed by atoms with Gasteiger partial charge in [-0.2, -0.15) is 0 Å².